The van der Waals surface area contributed by atoms with E-state index in [0.29, 0.717) is 6.54 Å². The fraction of sp³-hybridized carbons (Fsp3) is 0.455. The average molecular weight is 315 g/mol. The number of carbonyl (C=O) groups is 1. The minimum Gasteiger partial charge on any atom is -0.377 e. The molecule has 2 heterocycles. The fourth-order valence-corrected chi connectivity index (χ4v) is 3.15. The summed E-state index contributed by atoms with van der Waals surface area (Å²) in [6.07, 6.45) is 0. The Balaban J connectivity index is 2.03. The minimum absolute atomic E-state index is 0.157. The van der Waals surface area contributed by atoms with Gasteiger partial charge in [0.05, 0.1) is 25.8 Å². The third kappa shape index (κ3) is 2.37. The number of amides is 1. The molecule has 1 aliphatic rings. The number of hydrogen-bond donors (Lipinski definition) is 0. The predicted molar refractivity (Wildman–Crippen MR) is 67.4 cm³/mol. The lowest BCUT2D eigenvalue weighted by molar-refractivity contribution is -0.160. The van der Waals surface area contributed by atoms with Gasteiger partial charge in [-0.3, -0.25) is 4.79 Å². The molecule has 1 aromatic rings. The standard InChI is InChI=1S/C11H11BrN2O2S/c1-14(3-9-2-8(12)4-17-9)10(15)11(5-13)6-16-7-11/h2,4H,3,6-7H2,1H3. The summed E-state index contributed by atoms with van der Waals surface area (Å²) in [5, 5.41) is 11.0. The van der Waals surface area contributed by atoms with Crippen molar-refractivity contribution >= 4 is 33.2 Å². The number of rotatable bonds is 3. The van der Waals surface area contributed by atoms with Crippen LogP contribution in [0, 0.1) is 16.7 Å². The molecule has 0 unspecified atom stereocenters. The first-order chi connectivity index (χ1) is 8.07. The predicted octanol–water partition coefficient (Wildman–Crippen LogP) is 2.01. The Hall–Kier alpha value is -0.900. The molecule has 1 saturated heterocycles. The Bertz CT molecular complexity index is 476. The van der Waals surface area contributed by atoms with Crippen LogP contribution < -0.4 is 0 Å². The highest BCUT2D eigenvalue weighted by Gasteiger charge is 2.48. The van der Waals surface area contributed by atoms with Crippen LogP contribution >= 0.6 is 27.3 Å². The molecule has 0 aromatic carbocycles. The van der Waals surface area contributed by atoms with Gasteiger partial charge in [0, 0.05) is 21.8 Å². The van der Waals surface area contributed by atoms with Gasteiger partial charge in [-0.1, -0.05) is 0 Å². The summed E-state index contributed by atoms with van der Waals surface area (Å²) >= 11 is 4.96. The average Bonchev–Trinajstić information content (AvgIpc) is 2.63. The van der Waals surface area contributed by atoms with E-state index in [1.807, 2.05) is 11.4 Å². The van der Waals surface area contributed by atoms with Gasteiger partial charge in [-0.15, -0.1) is 11.3 Å². The molecular formula is C11H11BrN2O2S. The highest BCUT2D eigenvalue weighted by molar-refractivity contribution is 9.10. The Labute approximate surface area is 112 Å². The lowest BCUT2D eigenvalue weighted by atomic mass is 9.86. The molecule has 1 aromatic heterocycles. The third-order valence-electron chi connectivity index (χ3n) is 2.68. The van der Waals surface area contributed by atoms with Gasteiger partial charge >= 0.3 is 0 Å². The quantitative estimate of drug-likeness (QED) is 0.857. The zero-order valence-corrected chi connectivity index (χ0v) is 11.7. The van der Waals surface area contributed by atoms with Crippen LogP contribution in [0.25, 0.3) is 0 Å². The molecule has 0 aliphatic carbocycles. The molecule has 0 atom stereocenters. The number of ether oxygens (including phenoxy) is 1. The van der Waals surface area contributed by atoms with E-state index in [0.717, 1.165) is 9.35 Å². The molecule has 17 heavy (non-hydrogen) atoms. The smallest absolute Gasteiger partial charge is 0.247 e. The van der Waals surface area contributed by atoms with Crippen LogP contribution in [-0.2, 0) is 16.1 Å². The maximum Gasteiger partial charge on any atom is 0.247 e. The van der Waals surface area contributed by atoms with Gasteiger partial charge in [-0.25, -0.2) is 0 Å². The second kappa shape index (κ2) is 4.77. The molecular weight excluding hydrogens is 304 g/mol. The maximum atomic E-state index is 12.1. The van der Waals surface area contributed by atoms with Crippen molar-refractivity contribution in [1.82, 2.24) is 4.90 Å². The Morgan fingerprint density at radius 3 is 2.88 bits per heavy atom. The Morgan fingerprint density at radius 1 is 1.76 bits per heavy atom. The molecule has 90 valence electrons. The van der Waals surface area contributed by atoms with Gasteiger partial charge < -0.3 is 9.64 Å². The van der Waals surface area contributed by atoms with E-state index in [1.165, 1.54) is 0 Å². The molecule has 1 amide bonds. The van der Waals surface area contributed by atoms with Gasteiger partial charge in [0.25, 0.3) is 0 Å². The van der Waals surface area contributed by atoms with E-state index in [2.05, 4.69) is 22.0 Å². The highest BCUT2D eigenvalue weighted by Crippen LogP contribution is 2.30. The number of hydrogen-bond acceptors (Lipinski definition) is 4. The second-order valence-corrected chi connectivity index (χ2v) is 5.99. The number of thiophene rings is 1. The van der Waals surface area contributed by atoms with E-state index in [1.54, 1.807) is 23.3 Å². The van der Waals surface area contributed by atoms with Crippen molar-refractivity contribution in [3.8, 4) is 6.07 Å². The molecule has 0 radical (unpaired) electrons. The summed E-state index contributed by atoms with van der Waals surface area (Å²) in [7, 11) is 1.72. The molecule has 1 fully saturated rings. The van der Waals surface area contributed by atoms with Crippen molar-refractivity contribution in [2.75, 3.05) is 20.3 Å². The summed E-state index contributed by atoms with van der Waals surface area (Å²) in [4.78, 5) is 14.8. The van der Waals surface area contributed by atoms with Crippen LogP contribution in [0.15, 0.2) is 15.9 Å². The summed E-state index contributed by atoms with van der Waals surface area (Å²) in [6, 6.07) is 4.04. The molecule has 6 heteroatoms. The number of halogens is 1. The van der Waals surface area contributed by atoms with Crippen LogP contribution in [-0.4, -0.2) is 31.1 Å². The van der Waals surface area contributed by atoms with E-state index < -0.39 is 5.41 Å². The fourth-order valence-electron chi connectivity index (χ4n) is 1.65. The van der Waals surface area contributed by atoms with E-state index in [-0.39, 0.29) is 19.1 Å². The lowest BCUT2D eigenvalue weighted by Gasteiger charge is -2.36. The summed E-state index contributed by atoms with van der Waals surface area (Å²) in [5.74, 6) is -0.157. The number of nitrogens with zero attached hydrogens (tertiary/aromatic N) is 2. The van der Waals surface area contributed by atoms with Crippen LogP contribution in [0.3, 0.4) is 0 Å². The SMILES string of the molecule is CN(Cc1cc(Br)cs1)C(=O)C1(C#N)COC1. The normalized spacial score (nSPS) is 17.0. The maximum absolute atomic E-state index is 12.1. The van der Waals surface area contributed by atoms with Crippen molar-refractivity contribution in [3.05, 3.63) is 20.8 Å². The Morgan fingerprint density at radius 2 is 2.47 bits per heavy atom. The van der Waals surface area contributed by atoms with Gasteiger partial charge in [0.2, 0.25) is 5.91 Å². The van der Waals surface area contributed by atoms with Crippen LogP contribution in [0.2, 0.25) is 0 Å². The second-order valence-electron chi connectivity index (χ2n) is 4.08. The molecule has 0 saturated carbocycles. The van der Waals surface area contributed by atoms with Crippen molar-refractivity contribution < 1.29 is 9.53 Å². The van der Waals surface area contributed by atoms with E-state index in [4.69, 9.17) is 10.00 Å². The van der Waals surface area contributed by atoms with Crippen molar-refractivity contribution in [2.24, 2.45) is 5.41 Å². The van der Waals surface area contributed by atoms with E-state index in [9.17, 15) is 4.79 Å². The molecule has 4 nitrogen and oxygen atoms in total. The Kier molecular flexibility index (Phi) is 3.52. The zero-order valence-electron chi connectivity index (χ0n) is 9.27. The zero-order chi connectivity index (χ0) is 12.5. The molecule has 0 spiro atoms. The van der Waals surface area contributed by atoms with Gasteiger partial charge in [0.15, 0.2) is 5.41 Å². The van der Waals surface area contributed by atoms with Crippen molar-refractivity contribution in [1.29, 1.82) is 5.26 Å². The summed E-state index contributed by atoms with van der Waals surface area (Å²) < 4.78 is 5.99. The number of nitriles is 1. The molecule has 2 rings (SSSR count). The molecule has 0 bridgehead atoms. The van der Waals surface area contributed by atoms with Gasteiger partial charge in [-0.2, -0.15) is 5.26 Å². The van der Waals surface area contributed by atoms with Crippen LogP contribution in [0.5, 0.6) is 0 Å². The van der Waals surface area contributed by atoms with Crippen molar-refractivity contribution in [2.45, 2.75) is 6.54 Å². The van der Waals surface area contributed by atoms with Crippen molar-refractivity contribution in [3.63, 3.8) is 0 Å². The third-order valence-corrected chi connectivity index (χ3v) is 4.36. The monoisotopic (exact) mass is 314 g/mol. The topological polar surface area (TPSA) is 53.3 Å². The first-order valence-corrected chi connectivity index (χ1v) is 6.72. The first kappa shape index (κ1) is 12.6. The van der Waals surface area contributed by atoms with Gasteiger partial charge in [0.1, 0.15) is 0 Å². The molecule has 1 aliphatic heterocycles. The van der Waals surface area contributed by atoms with E-state index >= 15 is 0 Å². The lowest BCUT2D eigenvalue weighted by Crippen LogP contribution is -2.53. The summed E-state index contributed by atoms with van der Waals surface area (Å²) in [6.45, 7) is 0.945. The highest BCUT2D eigenvalue weighted by atomic mass is 79.9. The van der Waals surface area contributed by atoms with Gasteiger partial charge in [-0.05, 0) is 22.0 Å². The number of carbonyl (C=O) groups excluding carboxylic acids is 1. The summed E-state index contributed by atoms with van der Waals surface area (Å²) in [5.41, 5.74) is -0.955. The largest absolute Gasteiger partial charge is 0.377 e. The minimum atomic E-state index is -0.955. The first-order valence-electron chi connectivity index (χ1n) is 5.05. The van der Waals surface area contributed by atoms with Crippen LogP contribution in [0.4, 0.5) is 0 Å². The van der Waals surface area contributed by atoms with Crippen LogP contribution in [0.1, 0.15) is 4.88 Å². The molecule has 0 N–H and O–H groups in total.